The second-order valence-electron chi connectivity index (χ2n) is 8.09. The monoisotopic (exact) mass is 504 g/mol. The van der Waals surface area contributed by atoms with Gasteiger partial charge in [-0.3, -0.25) is 9.57 Å². The maximum absolute atomic E-state index is 13.8. The van der Waals surface area contributed by atoms with Gasteiger partial charge in [0.05, 0.1) is 4.90 Å². The highest BCUT2D eigenvalue weighted by Crippen LogP contribution is 2.27. The van der Waals surface area contributed by atoms with Crippen molar-refractivity contribution in [1.29, 1.82) is 4.78 Å². The van der Waals surface area contributed by atoms with Gasteiger partial charge in [0.1, 0.15) is 11.5 Å². The number of nitrogens with one attached hydrogen (secondary N) is 3. The number of nitrogens with zero attached hydrogens (tertiary/aromatic N) is 1. The number of hydrogen-bond donors (Lipinski definition) is 3. The van der Waals surface area contributed by atoms with Gasteiger partial charge in [0.2, 0.25) is 0 Å². The summed E-state index contributed by atoms with van der Waals surface area (Å²) in [5.41, 5.74) is 2.15. The summed E-state index contributed by atoms with van der Waals surface area (Å²) in [4.78, 5) is 13.7. The molecule has 0 radical (unpaired) electrons. The normalized spacial score (nSPS) is 17.3. The Hall–Kier alpha value is -2.74. The molecular weight excluding hydrogens is 480 g/mol. The van der Waals surface area contributed by atoms with Gasteiger partial charge in [-0.25, -0.2) is 17.9 Å². The minimum atomic E-state index is -1.05. The Morgan fingerprint density at radius 3 is 2.68 bits per heavy atom. The molecule has 0 fully saturated rings. The number of carbonyl (C=O) groups is 1. The molecule has 0 saturated carbocycles. The molecule has 1 aromatic heterocycles. The molecule has 2 heterocycles. The van der Waals surface area contributed by atoms with Crippen LogP contribution in [0.3, 0.4) is 0 Å². The highest BCUT2D eigenvalue weighted by atomic mass is 32.2. The fourth-order valence-corrected chi connectivity index (χ4v) is 5.49. The van der Waals surface area contributed by atoms with Gasteiger partial charge >= 0.3 is 0 Å². The van der Waals surface area contributed by atoms with Crippen molar-refractivity contribution in [3.8, 4) is 0 Å². The predicted octanol–water partition coefficient (Wildman–Crippen LogP) is 4.86. The lowest BCUT2D eigenvalue weighted by Crippen LogP contribution is -2.27. The highest BCUT2D eigenvalue weighted by molar-refractivity contribution is 7.84. The van der Waals surface area contributed by atoms with Crippen molar-refractivity contribution >= 4 is 43.1 Å². The summed E-state index contributed by atoms with van der Waals surface area (Å²) in [6, 6.07) is 8.66. The number of hydrogen-bond acceptors (Lipinski definition) is 2. The van der Waals surface area contributed by atoms with E-state index in [9.17, 15) is 18.0 Å². The van der Waals surface area contributed by atoms with Crippen LogP contribution in [0.2, 0.25) is 0 Å². The molecule has 4 rings (SSSR count). The third-order valence-electron chi connectivity index (χ3n) is 5.59. The molecule has 2 aromatic carbocycles. The van der Waals surface area contributed by atoms with Crippen LogP contribution in [-0.4, -0.2) is 16.5 Å². The molecule has 3 aromatic rings. The Bertz CT molecular complexity index is 1270. The lowest BCUT2D eigenvalue weighted by Gasteiger charge is -2.14. The molecule has 178 valence electrons. The molecule has 3 N–H and O–H groups in total. The molecular formula is C24H24F3N4OPS. The molecule has 1 aliphatic heterocycles. The van der Waals surface area contributed by atoms with Gasteiger partial charge in [-0.1, -0.05) is 24.3 Å². The summed E-state index contributed by atoms with van der Waals surface area (Å²) in [6.45, 7) is 0. The first-order chi connectivity index (χ1) is 16.2. The van der Waals surface area contributed by atoms with Crippen LogP contribution in [0.4, 0.5) is 18.9 Å². The second-order valence-corrected chi connectivity index (χ2v) is 10.0. The molecule has 1 aliphatic rings. The highest BCUT2D eigenvalue weighted by Gasteiger charge is 2.24. The van der Waals surface area contributed by atoms with Crippen LogP contribution < -0.4 is 15.3 Å². The topological polar surface area (TPSA) is 69.9 Å². The number of amides is 1. The maximum Gasteiger partial charge on any atom is 0.272 e. The zero-order valence-electron chi connectivity index (χ0n) is 18.4. The Kier molecular flexibility index (Phi) is 7.36. The van der Waals surface area contributed by atoms with E-state index in [0.29, 0.717) is 16.2 Å². The molecule has 0 spiro atoms. The minimum absolute atomic E-state index is 0.0151. The molecule has 10 heteroatoms. The van der Waals surface area contributed by atoms with E-state index >= 15 is 0 Å². The SMILES string of the molecule is Cn1cc2c(c1C(=O)Nc1cc(F)c(F)c(P)c1)C=CC(CCCc1ccc(F)cc1)NS2=N. The van der Waals surface area contributed by atoms with Crippen molar-refractivity contribution in [1.82, 2.24) is 9.29 Å². The summed E-state index contributed by atoms with van der Waals surface area (Å²) in [7, 11) is 2.76. The van der Waals surface area contributed by atoms with E-state index in [1.54, 1.807) is 29.9 Å². The van der Waals surface area contributed by atoms with Crippen molar-refractivity contribution in [2.24, 2.45) is 7.05 Å². The summed E-state index contributed by atoms with van der Waals surface area (Å²) >= 11 is 0. The molecule has 1 amide bonds. The first-order valence-corrected chi connectivity index (χ1v) is 12.4. The smallest absolute Gasteiger partial charge is 0.272 e. The second kappa shape index (κ2) is 10.3. The van der Waals surface area contributed by atoms with Crippen LogP contribution in [0.5, 0.6) is 0 Å². The van der Waals surface area contributed by atoms with E-state index < -0.39 is 28.4 Å². The van der Waals surface area contributed by atoms with Gasteiger partial charge < -0.3 is 9.88 Å². The average molecular weight is 505 g/mol. The van der Waals surface area contributed by atoms with Crippen molar-refractivity contribution in [2.75, 3.05) is 5.32 Å². The van der Waals surface area contributed by atoms with Crippen LogP contribution in [0.25, 0.3) is 6.08 Å². The van der Waals surface area contributed by atoms with Gasteiger partial charge in [-0.05, 0) is 53.9 Å². The van der Waals surface area contributed by atoms with Crippen LogP contribution in [0, 0.1) is 22.2 Å². The fourth-order valence-electron chi connectivity index (χ4n) is 3.89. The Morgan fingerprint density at radius 1 is 1.24 bits per heavy atom. The lowest BCUT2D eigenvalue weighted by molar-refractivity contribution is 0.101. The number of aryl methyl sites for hydroxylation is 2. The van der Waals surface area contributed by atoms with Crippen LogP contribution in [0.15, 0.2) is 53.6 Å². The first-order valence-electron chi connectivity index (χ1n) is 10.6. The van der Waals surface area contributed by atoms with E-state index in [1.807, 2.05) is 12.2 Å². The molecule has 0 aliphatic carbocycles. The largest absolute Gasteiger partial charge is 0.345 e. The summed E-state index contributed by atoms with van der Waals surface area (Å²) in [5.74, 6) is -2.76. The van der Waals surface area contributed by atoms with E-state index in [0.717, 1.165) is 30.9 Å². The number of anilines is 1. The number of rotatable bonds is 6. The zero-order chi connectivity index (χ0) is 24.4. The van der Waals surface area contributed by atoms with Gasteiger partial charge in [0.15, 0.2) is 11.6 Å². The Morgan fingerprint density at radius 2 is 1.97 bits per heavy atom. The lowest BCUT2D eigenvalue weighted by atomic mass is 10.0. The summed E-state index contributed by atoms with van der Waals surface area (Å²) in [6.07, 6.45) is 7.95. The molecule has 3 atom stereocenters. The molecule has 5 nitrogen and oxygen atoms in total. The number of halogens is 3. The van der Waals surface area contributed by atoms with Gasteiger partial charge in [-0.2, -0.15) is 0 Å². The van der Waals surface area contributed by atoms with E-state index in [2.05, 4.69) is 19.3 Å². The Labute approximate surface area is 200 Å². The fraction of sp³-hybridized carbons (Fsp3) is 0.208. The molecule has 0 bridgehead atoms. The number of fused-ring (bicyclic) bond motifs is 1. The third-order valence-corrected chi connectivity index (χ3v) is 7.32. The van der Waals surface area contributed by atoms with Crippen LogP contribution >= 0.6 is 9.24 Å². The first kappa shape index (κ1) is 24.4. The van der Waals surface area contributed by atoms with E-state index in [-0.39, 0.29) is 22.9 Å². The van der Waals surface area contributed by atoms with Crippen molar-refractivity contribution in [3.63, 3.8) is 0 Å². The van der Waals surface area contributed by atoms with E-state index in [1.165, 1.54) is 18.2 Å². The van der Waals surface area contributed by atoms with Gasteiger partial charge in [0.25, 0.3) is 5.91 Å². The maximum atomic E-state index is 13.8. The standard InChI is InChI=1S/C24H24F3N4OPS/c1-31-13-21-18(23(31)24(32)29-17-11-19(26)22(27)20(33)12-17)10-9-16(30-34(21)28)4-2-3-14-5-7-15(25)8-6-14/h5-13,16H,2-4,33H2,1H3,(H2,28,30)(H,29,32). The molecule has 34 heavy (non-hydrogen) atoms. The summed E-state index contributed by atoms with van der Waals surface area (Å²) in [5, 5.41) is 2.64. The van der Waals surface area contributed by atoms with E-state index in [4.69, 9.17) is 4.78 Å². The quantitative estimate of drug-likeness (QED) is 0.420. The molecule has 3 unspecified atom stereocenters. The van der Waals surface area contributed by atoms with Gasteiger partial charge in [0, 0.05) is 41.9 Å². The number of aromatic nitrogens is 1. The zero-order valence-corrected chi connectivity index (χ0v) is 20.3. The number of carbonyl (C=O) groups excluding carboxylic acids is 1. The average Bonchev–Trinajstić information content (AvgIpc) is 3.05. The predicted molar refractivity (Wildman–Crippen MR) is 133 cm³/mol. The molecule has 0 saturated heterocycles. The van der Waals surface area contributed by atoms with Crippen molar-refractivity contribution in [3.05, 3.63) is 82.9 Å². The third kappa shape index (κ3) is 5.32. The van der Waals surface area contributed by atoms with Gasteiger partial charge in [-0.15, -0.1) is 9.24 Å². The van der Waals surface area contributed by atoms with Crippen molar-refractivity contribution in [2.45, 2.75) is 30.2 Å². The minimum Gasteiger partial charge on any atom is -0.345 e. The summed E-state index contributed by atoms with van der Waals surface area (Å²) < 4.78 is 53.9. The van der Waals surface area contributed by atoms with Crippen molar-refractivity contribution < 1.29 is 18.0 Å². The Balaban J connectivity index is 1.49. The number of benzene rings is 2. The van der Waals surface area contributed by atoms with Crippen LogP contribution in [-0.2, 0) is 24.3 Å². The van der Waals surface area contributed by atoms with Crippen LogP contribution in [0.1, 0.15) is 34.5 Å².